The molecular weight excluding hydrogens is 200 g/mol. The van der Waals surface area contributed by atoms with Gasteiger partial charge in [-0.05, 0) is 43.7 Å². The van der Waals surface area contributed by atoms with Crippen molar-refractivity contribution in [2.45, 2.75) is 26.2 Å². The molecule has 2 rings (SSSR count). The fourth-order valence-corrected chi connectivity index (χ4v) is 2.48. The van der Waals surface area contributed by atoms with Crippen LogP contribution in [0.5, 0.6) is 0 Å². The van der Waals surface area contributed by atoms with Gasteiger partial charge in [-0.25, -0.2) is 4.98 Å². The number of anilines is 1. The topological polar surface area (TPSA) is 36.4 Å². The minimum absolute atomic E-state index is 0.305. The van der Waals surface area contributed by atoms with Crippen molar-refractivity contribution >= 4 is 5.82 Å². The summed E-state index contributed by atoms with van der Waals surface area (Å²) >= 11 is 0. The van der Waals surface area contributed by atoms with Crippen molar-refractivity contribution in [1.82, 2.24) is 4.98 Å². The number of pyridine rings is 1. The number of aliphatic hydroxyl groups is 1. The van der Waals surface area contributed by atoms with Gasteiger partial charge in [0, 0.05) is 25.9 Å². The highest BCUT2D eigenvalue weighted by Crippen LogP contribution is 2.25. The van der Waals surface area contributed by atoms with E-state index in [9.17, 15) is 0 Å². The summed E-state index contributed by atoms with van der Waals surface area (Å²) in [6, 6.07) is 4.09. The highest BCUT2D eigenvalue weighted by Gasteiger charge is 2.21. The first-order valence-corrected chi connectivity index (χ1v) is 6.08. The third kappa shape index (κ3) is 2.53. The number of aromatic nitrogens is 1. The molecule has 1 unspecified atom stereocenters. The Morgan fingerprint density at radius 1 is 1.56 bits per heavy atom. The predicted octanol–water partition coefficient (Wildman–Crippen LogP) is 1.99. The number of hydrogen-bond donors (Lipinski definition) is 1. The van der Waals surface area contributed by atoms with Gasteiger partial charge >= 0.3 is 0 Å². The van der Waals surface area contributed by atoms with Crippen molar-refractivity contribution in [2.24, 2.45) is 5.92 Å². The molecule has 1 fully saturated rings. The monoisotopic (exact) mass is 220 g/mol. The van der Waals surface area contributed by atoms with Crippen molar-refractivity contribution < 1.29 is 5.11 Å². The highest BCUT2D eigenvalue weighted by atomic mass is 16.3. The van der Waals surface area contributed by atoms with Gasteiger partial charge in [0.25, 0.3) is 0 Å². The summed E-state index contributed by atoms with van der Waals surface area (Å²) in [6.45, 7) is 4.55. The molecule has 3 nitrogen and oxygen atoms in total. The van der Waals surface area contributed by atoms with Crippen LogP contribution in [0.15, 0.2) is 18.3 Å². The first-order valence-electron chi connectivity index (χ1n) is 6.08. The number of piperidine rings is 1. The summed E-state index contributed by atoms with van der Waals surface area (Å²) in [7, 11) is 0. The van der Waals surface area contributed by atoms with E-state index in [0.717, 1.165) is 25.3 Å². The zero-order valence-corrected chi connectivity index (χ0v) is 9.89. The maximum Gasteiger partial charge on any atom is 0.131 e. The summed E-state index contributed by atoms with van der Waals surface area (Å²) < 4.78 is 0. The van der Waals surface area contributed by atoms with Crippen molar-refractivity contribution in [3.8, 4) is 0 Å². The lowest BCUT2D eigenvalue weighted by molar-refractivity contribution is 0.244. The van der Waals surface area contributed by atoms with Crippen LogP contribution in [0.3, 0.4) is 0 Å². The van der Waals surface area contributed by atoms with Gasteiger partial charge in [-0.2, -0.15) is 0 Å². The van der Waals surface area contributed by atoms with E-state index in [1.54, 1.807) is 0 Å². The minimum atomic E-state index is 0.305. The molecule has 1 aromatic heterocycles. The third-order valence-electron chi connectivity index (χ3n) is 3.34. The van der Waals surface area contributed by atoms with E-state index in [2.05, 4.69) is 22.9 Å². The number of nitrogens with zero attached hydrogens (tertiary/aromatic N) is 2. The third-order valence-corrected chi connectivity index (χ3v) is 3.34. The number of rotatable bonds is 3. The van der Waals surface area contributed by atoms with Gasteiger partial charge in [-0.3, -0.25) is 0 Å². The summed E-state index contributed by atoms with van der Waals surface area (Å²) in [5.74, 6) is 1.74. The molecule has 1 aliphatic rings. The lowest BCUT2D eigenvalue weighted by Gasteiger charge is -2.34. The van der Waals surface area contributed by atoms with E-state index >= 15 is 0 Å². The van der Waals surface area contributed by atoms with Crippen LogP contribution in [-0.4, -0.2) is 29.8 Å². The van der Waals surface area contributed by atoms with Gasteiger partial charge in [0.05, 0.1) is 0 Å². The van der Waals surface area contributed by atoms with Gasteiger partial charge in [0.15, 0.2) is 0 Å². The van der Waals surface area contributed by atoms with Crippen LogP contribution in [-0.2, 0) is 0 Å². The summed E-state index contributed by atoms with van der Waals surface area (Å²) in [5, 5.41) is 9.00. The van der Waals surface area contributed by atoms with E-state index in [1.807, 2.05) is 12.3 Å². The van der Waals surface area contributed by atoms with Gasteiger partial charge in [0.2, 0.25) is 0 Å². The molecule has 1 N–H and O–H groups in total. The van der Waals surface area contributed by atoms with Crippen LogP contribution < -0.4 is 4.90 Å². The molecule has 0 aromatic carbocycles. The zero-order chi connectivity index (χ0) is 11.4. The molecule has 0 bridgehead atoms. The quantitative estimate of drug-likeness (QED) is 0.846. The maximum atomic E-state index is 9.00. The van der Waals surface area contributed by atoms with Gasteiger partial charge in [-0.1, -0.05) is 6.07 Å². The lowest BCUT2D eigenvalue weighted by Crippen LogP contribution is -2.36. The van der Waals surface area contributed by atoms with E-state index < -0.39 is 0 Å². The molecule has 0 radical (unpaired) electrons. The lowest BCUT2D eigenvalue weighted by atomic mass is 9.95. The standard InChI is InChI=1S/C13H20N2O/c1-11-4-2-7-14-13(11)15-8-3-5-12(10-15)6-9-16/h2,4,7,12,16H,3,5-6,8-10H2,1H3. The second-order valence-corrected chi connectivity index (χ2v) is 4.61. The normalized spacial score (nSPS) is 21.1. The molecule has 2 heterocycles. The molecule has 1 atom stereocenters. The van der Waals surface area contributed by atoms with E-state index in [1.165, 1.54) is 18.4 Å². The zero-order valence-electron chi connectivity index (χ0n) is 9.89. The Hall–Kier alpha value is -1.09. The van der Waals surface area contributed by atoms with Crippen LogP contribution in [0.4, 0.5) is 5.82 Å². The summed E-state index contributed by atoms with van der Waals surface area (Å²) in [6.07, 6.45) is 5.23. The van der Waals surface area contributed by atoms with Crippen molar-refractivity contribution in [1.29, 1.82) is 0 Å². The van der Waals surface area contributed by atoms with Crippen molar-refractivity contribution in [3.63, 3.8) is 0 Å². The van der Waals surface area contributed by atoms with E-state index in [4.69, 9.17) is 5.11 Å². The molecule has 1 aromatic rings. The van der Waals surface area contributed by atoms with Gasteiger partial charge in [0.1, 0.15) is 5.82 Å². The fraction of sp³-hybridized carbons (Fsp3) is 0.615. The Labute approximate surface area is 97.1 Å². The summed E-state index contributed by atoms with van der Waals surface area (Å²) in [5.41, 5.74) is 1.24. The van der Waals surface area contributed by atoms with Crippen LogP contribution in [0.2, 0.25) is 0 Å². The van der Waals surface area contributed by atoms with Crippen LogP contribution >= 0.6 is 0 Å². The van der Waals surface area contributed by atoms with E-state index in [0.29, 0.717) is 12.5 Å². The molecule has 1 saturated heterocycles. The largest absolute Gasteiger partial charge is 0.396 e. The van der Waals surface area contributed by atoms with Crippen molar-refractivity contribution in [3.05, 3.63) is 23.9 Å². The molecule has 0 spiro atoms. The fourth-order valence-electron chi connectivity index (χ4n) is 2.48. The highest BCUT2D eigenvalue weighted by molar-refractivity contribution is 5.46. The molecule has 0 saturated carbocycles. The molecule has 0 amide bonds. The second-order valence-electron chi connectivity index (χ2n) is 4.61. The minimum Gasteiger partial charge on any atom is -0.396 e. The molecule has 16 heavy (non-hydrogen) atoms. The van der Waals surface area contributed by atoms with Crippen LogP contribution in [0, 0.1) is 12.8 Å². The molecule has 1 aliphatic heterocycles. The average molecular weight is 220 g/mol. The first kappa shape index (κ1) is 11.4. The predicted molar refractivity (Wildman–Crippen MR) is 65.6 cm³/mol. The average Bonchev–Trinajstić information content (AvgIpc) is 2.30. The number of aliphatic hydroxyl groups excluding tert-OH is 1. The molecule has 88 valence electrons. The van der Waals surface area contributed by atoms with Crippen molar-refractivity contribution in [2.75, 3.05) is 24.6 Å². The first-order chi connectivity index (χ1) is 7.81. The number of aryl methyl sites for hydroxylation is 1. The summed E-state index contributed by atoms with van der Waals surface area (Å²) in [4.78, 5) is 6.82. The molecule has 0 aliphatic carbocycles. The SMILES string of the molecule is Cc1cccnc1N1CCCC(CCO)C1. The Morgan fingerprint density at radius 3 is 3.19 bits per heavy atom. The van der Waals surface area contributed by atoms with E-state index in [-0.39, 0.29) is 0 Å². The molecular formula is C13H20N2O. The Morgan fingerprint density at radius 2 is 2.44 bits per heavy atom. The maximum absolute atomic E-state index is 9.00. The smallest absolute Gasteiger partial charge is 0.131 e. The number of hydrogen-bond acceptors (Lipinski definition) is 3. The van der Waals surface area contributed by atoms with Gasteiger partial charge < -0.3 is 10.0 Å². The second kappa shape index (κ2) is 5.30. The Kier molecular flexibility index (Phi) is 3.78. The molecule has 3 heteroatoms. The Balaban J connectivity index is 2.07. The van der Waals surface area contributed by atoms with Gasteiger partial charge in [-0.15, -0.1) is 0 Å². The van der Waals surface area contributed by atoms with Crippen LogP contribution in [0.25, 0.3) is 0 Å². The van der Waals surface area contributed by atoms with Crippen LogP contribution in [0.1, 0.15) is 24.8 Å². The Bertz CT molecular complexity index is 338.